The van der Waals surface area contributed by atoms with Gasteiger partial charge in [-0.3, -0.25) is 4.90 Å². The molecule has 2 rings (SSSR count). The molecule has 0 radical (unpaired) electrons. The SMILES string of the molecule is CCN1CCCC1c1nc(CCO)cs1. The Kier molecular flexibility index (Phi) is 3.72. The van der Waals surface area contributed by atoms with Crippen molar-refractivity contribution in [1.29, 1.82) is 0 Å². The molecule has 1 unspecified atom stereocenters. The normalized spacial score (nSPS) is 22.4. The lowest BCUT2D eigenvalue weighted by Gasteiger charge is -2.20. The third kappa shape index (κ3) is 2.38. The molecule has 1 saturated heterocycles. The molecule has 3 nitrogen and oxygen atoms in total. The van der Waals surface area contributed by atoms with Gasteiger partial charge < -0.3 is 5.11 Å². The number of hydrogen-bond donors (Lipinski definition) is 1. The van der Waals surface area contributed by atoms with Gasteiger partial charge in [-0.05, 0) is 25.9 Å². The van der Waals surface area contributed by atoms with Gasteiger partial charge in [0.1, 0.15) is 5.01 Å². The summed E-state index contributed by atoms with van der Waals surface area (Å²) in [5, 5.41) is 12.2. The summed E-state index contributed by atoms with van der Waals surface area (Å²) in [5.41, 5.74) is 1.04. The first-order valence-electron chi connectivity index (χ1n) is 5.64. The summed E-state index contributed by atoms with van der Waals surface area (Å²) < 4.78 is 0. The van der Waals surface area contributed by atoms with Gasteiger partial charge in [-0.2, -0.15) is 0 Å². The van der Waals surface area contributed by atoms with Crippen LogP contribution in [0, 0.1) is 0 Å². The fraction of sp³-hybridized carbons (Fsp3) is 0.727. The summed E-state index contributed by atoms with van der Waals surface area (Å²) in [5.74, 6) is 0. The molecule has 0 aliphatic carbocycles. The number of aliphatic hydroxyl groups is 1. The van der Waals surface area contributed by atoms with Crippen LogP contribution in [0.2, 0.25) is 0 Å². The number of rotatable bonds is 4. The van der Waals surface area contributed by atoms with E-state index in [4.69, 9.17) is 5.11 Å². The zero-order chi connectivity index (χ0) is 10.7. The van der Waals surface area contributed by atoms with Gasteiger partial charge in [0.05, 0.1) is 11.7 Å². The van der Waals surface area contributed by atoms with Gasteiger partial charge in [0.15, 0.2) is 0 Å². The Labute approximate surface area is 94.8 Å². The van der Waals surface area contributed by atoms with Crippen LogP contribution in [0.3, 0.4) is 0 Å². The third-order valence-corrected chi connectivity index (χ3v) is 3.99. The third-order valence-electron chi connectivity index (χ3n) is 2.99. The Morgan fingerprint density at radius 1 is 1.67 bits per heavy atom. The fourth-order valence-corrected chi connectivity index (χ4v) is 3.21. The zero-order valence-corrected chi connectivity index (χ0v) is 9.96. The predicted octanol–water partition coefficient (Wildman–Crippen LogP) is 1.83. The van der Waals surface area contributed by atoms with E-state index in [1.165, 1.54) is 24.4 Å². The first-order chi connectivity index (χ1) is 7.35. The molecule has 0 saturated carbocycles. The van der Waals surface area contributed by atoms with Gasteiger partial charge >= 0.3 is 0 Å². The quantitative estimate of drug-likeness (QED) is 0.851. The average molecular weight is 226 g/mol. The largest absolute Gasteiger partial charge is 0.396 e. The van der Waals surface area contributed by atoms with Crippen LogP contribution in [0.1, 0.15) is 36.5 Å². The Morgan fingerprint density at radius 3 is 3.27 bits per heavy atom. The molecular formula is C11H18N2OS. The summed E-state index contributed by atoms with van der Waals surface area (Å²) in [6.45, 7) is 4.72. The second-order valence-electron chi connectivity index (χ2n) is 3.94. The molecule has 1 aromatic heterocycles. The van der Waals surface area contributed by atoms with E-state index in [-0.39, 0.29) is 6.61 Å². The first-order valence-corrected chi connectivity index (χ1v) is 6.52. The van der Waals surface area contributed by atoms with Crippen LogP contribution in [0.5, 0.6) is 0 Å². The highest BCUT2D eigenvalue weighted by Gasteiger charge is 2.26. The van der Waals surface area contributed by atoms with Crippen molar-refractivity contribution in [1.82, 2.24) is 9.88 Å². The molecule has 0 bridgehead atoms. The maximum Gasteiger partial charge on any atom is 0.110 e. The monoisotopic (exact) mass is 226 g/mol. The van der Waals surface area contributed by atoms with E-state index < -0.39 is 0 Å². The molecule has 0 spiro atoms. The van der Waals surface area contributed by atoms with Crippen molar-refractivity contribution >= 4 is 11.3 Å². The molecule has 1 aromatic rings. The van der Waals surface area contributed by atoms with Crippen molar-refractivity contribution in [2.24, 2.45) is 0 Å². The van der Waals surface area contributed by atoms with Crippen molar-refractivity contribution in [3.8, 4) is 0 Å². The Balaban J connectivity index is 2.07. The van der Waals surface area contributed by atoms with Gasteiger partial charge in [0.2, 0.25) is 0 Å². The van der Waals surface area contributed by atoms with Gasteiger partial charge in [0.25, 0.3) is 0 Å². The minimum Gasteiger partial charge on any atom is -0.396 e. The lowest BCUT2D eigenvalue weighted by atomic mass is 10.2. The summed E-state index contributed by atoms with van der Waals surface area (Å²) >= 11 is 1.74. The number of aromatic nitrogens is 1. The molecule has 1 N–H and O–H groups in total. The summed E-state index contributed by atoms with van der Waals surface area (Å²) in [4.78, 5) is 7.08. The van der Waals surface area contributed by atoms with Crippen molar-refractivity contribution in [2.45, 2.75) is 32.2 Å². The van der Waals surface area contributed by atoms with Gasteiger partial charge in [-0.25, -0.2) is 4.98 Å². The van der Waals surface area contributed by atoms with Crippen LogP contribution in [0.25, 0.3) is 0 Å². The summed E-state index contributed by atoms with van der Waals surface area (Å²) in [6, 6.07) is 0.535. The molecule has 84 valence electrons. The Hall–Kier alpha value is -0.450. The second-order valence-corrected chi connectivity index (χ2v) is 4.83. The van der Waals surface area contributed by atoms with E-state index in [1.54, 1.807) is 11.3 Å². The van der Waals surface area contributed by atoms with E-state index in [9.17, 15) is 0 Å². The molecule has 15 heavy (non-hydrogen) atoms. The van der Waals surface area contributed by atoms with Crippen LogP contribution in [0.15, 0.2) is 5.38 Å². The highest BCUT2D eigenvalue weighted by Crippen LogP contribution is 2.33. The Morgan fingerprint density at radius 2 is 2.53 bits per heavy atom. The number of aliphatic hydroxyl groups excluding tert-OH is 1. The van der Waals surface area contributed by atoms with Crippen molar-refractivity contribution in [3.63, 3.8) is 0 Å². The molecule has 4 heteroatoms. The molecule has 1 atom stereocenters. The van der Waals surface area contributed by atoms with Crippen molar-refractivity contribution in [3.05, 3.63) is 16.1 Å². The maximum atomic E-state index is 8.85. The van der Waals surface area contributed by atoms with E-state index in [2.05, 4.69) is 22.2 Å². The van der Waals surface area contributed by atoms with Gasteiger partial charge in [-0.1, -0.05) is 6.92 Å². The van der Waals surface area contributed by atoms with Crippen LogP contribution < -0.4 is 0 Å². The molecule has 1 aliphatic heterocycles. The van der Waals surface area contributed by atoms with Crippen LogP contribution in [0.4, 0.5) is 0 Å². The van der Waals surface area contributed by atoms with Crippen molar-refractivity contribution in [2.75, 3.05) is 19.7 Å². The Bertz CT molecular complexity index is 313. The van der Waals surface area contributed by atoms with Crippen LogP contribution in [-0.4, -0.2) is 34.7 Å². The lowest BCUT2D eigenvalue weighted by Crippen LogP contribution is -2.22. The predicted molar refractivity (Wildman–Crippen MR) is 62.1 cm³/mol. The molecular weight excluding hydrogens is 208 g/mol. The summed E-state index contributed by atoms with van der Waals surface area (Å²) in [6.07, 6.45) is 3.21. The molecule has 1 aliphatic rings. The van der Waals surface area contributed by atoms with Gasteiger partial charge in [0, 0.05) is 18.4 Å². The van der Waals surface area contributed by atoms with E-state index >= 15 is 0 Å². The topological polar surface area (TPSA) is 36.4 Å². The highest BCUT2D eigenvalue weighted by molar-refractivity contribution is 7.09. The zero-order valence-electron chi connectivity index (χ0n) is 9.15. The van der Waals surface area contributed by atoms with Crippen LogP contribution >= 0.6 is 11.3 Å². The average Bonchev–Trinajstić information content (AvgIpc) is 2.84. The molecule has 1 fully saturated rings. The smallest absolute Gasteiger partial charge is 0.110 e. The standard InChI is InChI=1S/C11H18N2OS/c1-2-13-6-3-4-10(13)11-12-9(5-7-14)8-15-11/h8,10,14H,2-7H2,1H3. The minimum absolute atomic E-state index is 0.200. The minimum atomic E-state index is 0.200. The van der Waals surface area contributed by atoms with E-state index in [0.29, 0.717) is 12.5 Å². The molecule has 0 aromatic carbocycles. The number of likely N-dealkylation sites (tertiary alicyclic amines) is 1. The van der Waals surface area contributed by atoms with Gasteiger partial charge in [-0.15, -0.1) is 11.3 Å². The maximum absolute atomic E-state index is 8.85. The number of hydrogen-bond acceptors (Lipinski definition) is 4. The molecule has 0 amide bonds. The lowest BCUT2D eigenvalue weighted by molar-refractivity contribution is 0.270. The second kappa shape index (κ2) is 5.05. The first kappa shape index (κ1) is 11.0. The van der Waals surface area contributed by atoms with Crippen LogP contribution in [-0.2, 0) is 6.42 Å². The molecule has 2 heterocycles. The van der Waals surface area contributed by atoms with Crippen molar-refractivity contribution < 1.29 is 5.11 Å². The number of thiazole rings is 1. The van der Waals surface area contributed by atoms with E-state index in [0.717, 1.165) is 12.2 Å². The van der Waals surface area contributed by atoms with E-state index in [1.807, 2.05) is 0 Å². The fourth-order valence-electron chi connectivity index (χ4n) is 2.19. The number of nitrogens with zero attached hydrogens (tertiary/aromatic N) is 2. The highest BCUT2D eigenvalue weighted by atomic mass is 32.1. The summed E-state index contributed by atoms with van der Waals surface area (Å²) in [7, 11) is 0.